The summed E-state index contributed by atoms with van der Waals surface area (Å²) in [4.78, 5) is 19.7. The summed E-state index contributed by atoms with van der Waals surface area (Å²) in [6.45, 7) is 0. The summed E-state index contributed by atoms with van der Waals surface area (Å²) >= 11 is 5.90. The number of unbranched alkanes of at least 4 members (excludes halogenated alkanes) is 1. The molecule has 1 aromatic heterocycles. The first kappa shape index (κ1) is 24.5. The molecule has 0 bridgehead atoms. The van der Waals surface area contributed by atoms with Gasteiger partial charge in [0.15, 0.2) is 11.5 Å². The van der Waals surface area contributed by atoms with Crippen LogP contribution in [0.25, 0.3) is 10.9 Å². The number of ether oxygens (including phenoxy) is 3. The van der Waals surface area contributed by atoms with Gasteiger partial charge in [0.2, 0.25) is 5.91 Å². The number of carbonyl (C=O) groups is 1. The summed E-state index contributed by atoms with van der Waals surface area (Å²) < 4.78 is 30.9. The van der Waals surface area contributed by atoms with Crippen LogP contribution in [0.4, 0.5) is 15.9 Å². The van der Waals surface area contributed by atoms with Gasteiger partial charge in [0.25, 0.3) is 5.95 Å². The Hall–Kier alpha value is -3.63. The van der Waals surface area contributed by atoms with E-state index < -0.39 is 11.7 Å². The van der Waals surface area contributed by atoms with Crippen molar-refractivity contribution in [2.45, 2.75) is 38.2 Å². The molecule has 1 aliphatic rings. The van der Waals surface area contributed by atoms with Crippen LogP contribution in [0.2, 0.25) is 5.02 Å². The summed E-state index contributed by atoms with van der Waals surface area (Å²) in [7, 11) is 1.53. The Morgan fingerprint density at radius 3 is 2.89 bits per heavy atom. The molecule has 0 fully saturated rings. The number of carbonyl (C=O) groups excluding carboxylic acids is 1. The number of benzene rings is 2. The molecular weight excluding hydrogens is 479 g/mol. The van der Waals surface area contributed by atoms with Crippen molar-refractivity contribution in [1.82, 2.24) is 15.4 Å². The number of fused-ring (bicyclic) bond motifs is 1. The van der Waals surface area contributed by atoms with Crippen molar-refractivity contribution in [3.63, 3.8) is 0 Å². The van der Waals surface area contributed by atoms with E-state index in [-0.39, 0.29) is 17.5 Å². The molecular formula is C24H24ClFN4O5. The number of hydroxylamine groups is 1. The molecule has 0 spiro atoms. The molecule has 11 heteroatoms. The molecule has 1 amide bonds. The number of methoxy groups -OCH3 is 1. The minimum atomic E-state index is -0.510. The lowest BCUT2D eigenvalue weighted by atomic mass is 10.1. The van der Waals surface area contributed by atoms with Crippen LogP contribution < -0.4 is 20.3 Å². The fraction of sp³-hybridized carbons (Fsp3) is 0.292. The van der Waals surface area contributed by atoms with Gasteiger partial charge in [-0.2, -0.15) is 0 Å². The third-order valence-corrected chi connectivity index (χ3v) is 5.74. The van der Waals surface area contributed by atoms with E-state index in [1.807, 2.05) is 6.08 Å². The van der Waals surface area contributed by atoms with E-state index in [9.17, 15) is 9.18 Å². The van der Waals surface area contributed by atoms with Gasteiger partial charge in [0.05, 0.1) is 17.6 Å². The average Bonchev–Trinajstić information content (AvgIpc) is 3.31. The maximum Gasteiger partial charge on any atom is 0.281 e. The highest BCUT2D eigenvalue weighted by Crippen LogP contribution is 2.37. The van der Waals surface area contributed by atoms with E-state index in [0.717, 1.165) is 12.8 Å². The fourth-order valence-corrected chi connectivity index (χ4v) is 3.85. The lowest BCUT2D eigenvalue weighted by molar-refractivity contribution is -0.129. The van der Waals surface area contributed by atoms with Crippen LogP contribution in [-0.4, -0.2) is 34.3 Å². The molecule has 2 heterocycles. The number of amides is 1. The Morgan fingerprint density at radius 2 is 2.11 bits per heavy atom. The summed E-state index contributed by atoms with van der Waals surface area (Å²) in [5, 5.41) is 12.3. The number of rotatable bonds is 10. The number of aromatic nitrogens is 2. The van der Waals surface area contributed by atoms with Gasteiger partial charge in [-0.15, -0.1) is 0 Å². The minimum absolute atomic E-state index is 0.00408. The Morgan fingerprint density at radius 1 is 1.26 bits per heavy atom. The molecule has 184 valence electrons. The molecule has 4 rings (SSSR count). The Kier molecular flexibility index (Phi) is 7.84. The first-order chi connectivity index (χ1) is 17.0. The van der Waals surface area contributed by atoms with E-state index in [0.29, 0.717) is 52.7 Å². The van der Waals surface area contributed by atoms with Gasteiger partial charge in [0.1, 0.15) is 24.1 Å². The van der Waals surface area contributed by atoms with Crippen LogP contribution in [0.5, 0.6) is 11.5 Å². The van der Waals surface area contributed by atoms with Crippen molar-refractivity contribution in [2.75, 3.05) is 12.4 Å². The zero-order chi connectivity index (χ0) is 24.8. The minimum Gasteiger partial charge on any atom is -0.493 e. The van der Waals surface area contributed by atoms with Crippen LogP contribution in [0.3, 0.4) is 0 Å². The van der Waals surface area contributed by atoms with Crippen LogP contribution >= 0.6 is 11.6 Å². The Bertz CT molecular complexity index is 1260. The third-order valence-electron chi connectivity index (χ3n) is 5.45. The van der Waals surface area contributed by atoms with E-state index in [1.165, 1.54) is 25.6 Å². The normalized spacial score (nSPS) is 14.9. The highest BCUT2D eigenvalue weighted by atomic mass is 35.5. The second-order valence-electron chi connectivity index (χ2n) is 7.88. The molecule has 9 nitrogen and oxygen atoms in total. The topological polar surface area (TPSA) is 115 Å². The van der Waals surface area contributed by atoms with E-state index in [1.54, 1.807) is 23.7 Å². The molecule has 1 aliphatic heterocycles. The lowest BCUT2D eigenvalue weighted by Crippen LogP contribution is -2.18. The second-order valence-corrected chi connectivity index (χ2v) is 8.29. The summed E-state index contributed by atoms with van der Waals surface area (Å²) in [5.41, 5.74) is 2.81. The van der Waals surface area contributed by atoms with Crippen molar-refractivity contribution < 1.29 is 28.6 Å². The molecule has 1 atom stereocenters. The van der Waals surface area contributed by atoms with Crippen LogP contribution in [-0.2, 0) is 9.53 Å². The Labute approximate surface area is 205 Å². The first-order valence-electron chi connectivity index (χ1n) is 11.0. The molecule has 3 N–H and O–H groups in total. The standard InChI is InChI=1S/C24H24ClFN4O5/c1-33-20-12-19-16(24(28-13-27-19)29-14-6-8-18(26)17(25)10-14)11-21(20)35-23-9-7-15(34-23)4-2-3-5-22(31)30-32/h6,8-13,15,32H,2-5,7H2,1H3,(H,30,31)(H,27,28,29). The molecule has 2 aromatic carbocycles. The van der Waals surface area contributed by atoms with Gasteiger partial charge in [-0.3, -0.25) is 10.0 Å². The highest BCUT2D eigenvalue weighted by molar-refractivity contribution is 6.31. The number of hydrogen-bond acceptors (Lipinski definition) is 8. The van der Waals surface area contributed by atoms with Gasteiger partial charge in [-0.05, 0) is 43.5 Å². The zero-order valence-electron chi connectivity index (χ0n) is 18.9. The quantitative estimate of drug-likeness (QED) is 0.196. The Balaban J connectivity index is 1.47. The average molecular weight is 503 g/mol. The lowest BCUT2D eigenvalue weighted by Gasteiger charge is -2.16. The van der Waals surface area contributed by atoms with Gasteiger partial charge >= 0.3 is 0 Å². The molecule has 0 saturated heterocycles. The van der Waals surface area contributed by atoms with Gasteiger partial charge < -0.3 is 19.5 Å². The van der Waals surface area contributed by atoms with Gasteiger partial charge in [0, 0.05) is 36.1 Å². The maximum absolute atomic E-state index is 13.5. The summed E-state index contributed by atoms with van der Waals surface area (Å²) in [6.07, 6.45) is 6.32. The van der Waals surface area contributed by atoms with E-state index in [4.69, 9.17) is 31.0 Å². The van der Waals surface area contributed by atoms with E-state index >= 15 is 0 Å². The van der Waals surface area contributed by atoms with Crippen molar-refractivity contribution in [2.24, 2.45) is 0 Å². The molecule has 3 aromatic rings. The summed E-state index contributed by atoms with van der Waals surface area (Å²) in [6, 6.07) is 7.78. The predicted molar refractivity (Wildman–Crippen MR) is 127 cm³/mol. The molecule has 35 heavy (non-hydrogen) atoms. The second kappa shape index (κ2) is 11.2. The van der Waals surface area contributed by atoms with Crippen molar-refractivity contribution in [3.05, 3.63) is 59.5 Å². The van der Waals surface area contributed by atoms with Crippen molar-refractivity contribution >= 4 is 39.9 Å². The molecule has 0 saturated carbocycles. The predicted octanol–water partition coefficient (Wildman–Crippen LogP) is 5.25. The van der Waals surface area contributed by atoms with Crippen molar-refractivity contribution in [3.8, 4) is 11.5 Å². The third kappa shape index (κ3) is 6.09. The first-order valence-corrected chi connectivity index (χ1v) is 11.4. The fourth-order valence-electron chi connectivity index (χ4n) is 3.67. The highest BCUT2D eigenvalue weighted by Gasteiger charge is 2.22. The van der Waals surface area contributed by atoms with Crippen molar-refractivity contribution in [1.29, 1.82) is 0 Å². The van der Waals surface area contributed by atoms with Gasteiger partial charge in [-0.25, -0.2) is 19.8 Å². The number of anilines is 2. The van der Waals surface area contributed by atoms with Crippen LogP contribution in [0.15, 0.2) is 48.7 Å². The number of nitrogens with zero attached hydrogens (tertiary/aromatic N) is 2. The largest absolute Gasteiger partial charge is 0.493 e. The summed E-state index contributed by atoms with van der Waals surface area (Å²) in [5.74, 6) is 0.817. The smallest absolute Gasteiger partial charge is 0.281 e. The van der Waals surface area contributed by atoms with E-state index in [2.05, 4.69) is 15.3 Å². The van der Waals surface area contributed by atoms with Gasteiger partial charge in [-0.1, -0.05) is 11.6 Å². The monoisotopic (exact) mass is 502 g/mol. The molecule has 0 aliphatic carbocycles. The SMILES string of the molecule is COc1cc2ncnc(Nc3ccc(F)c(Cl)c3)c2cc1OC1=CCC(CCCCC(=O)NO)O1. The maximum atomic E-state index is 13.5. The van der Waals surface area contributed by atoms with Crippen LogP contribution in [0.1, 0.15) is 32.1 Å². The number of nitrogens with one attached hydrogen (secondary N) is 2. The molecule has 0 radical (unpaired) electrons. The number of hydrogen-bond donors (Lipinski definition) is 3. The molecule has 1 unspecified atom stereocenters. The number of halogens is 2. The van der Waals surface area contributed by atoms with Crippen LogP contribution in [0, 0.1) is 5.82 Å². The zero-order valence-corrected chi connectivity index (χ0v) is 19.6.